The van der Waals surface area contributed by atoms with Crippen LogP contribution in [0.2, 0.25) is 0 Å². The predicted octanol–water partition coefficient (Wildman–Crippen LogP) is 5.24. The first kappa shape index (κ1) is 20.4. The summed E-state index contributed by atoms with van der Waals surface area (Å²) >= 11 is 0. The van der Waals surface area contributed by atoms with Crippen molar-refractivity contribution in [1.82, 2.24) is 0 Å². The van der Waals surface area contributed by atoms with Gasteiger partial charge < -0.3 is 20.3 Å². The maximum absolute atomic E-state index is 12.9. The number of alkyl halides is 3. The van der Waals surface area contributed by atoms with Crippen molar-refractivity contribution in [2.24, 2.45) is 5.92 Å². The average molecular weight is 419 g/mol. The minimum atomic E-state index is -4.10. The van der Waals surface area contributed by atoms with E-state index in [0.717, 1.165) is 22.6 Å². The van der Waals surface area contributed by atoms with Gasteiger partial charge in [-0.3, -0.25) is 4.79 Å². The number of benzene rings is 2. The SMILES string of the molecule is Cc1cc(N2CCC(C(F)(F)F)CC2)ccc1Nc1ccc2c(c1)OCCC(=O)N2. The summed E-state index contributed by atoms with van der Waals surface area (Å²) in [5.74, 6) is -0.649. The molecule has 0 saturated carbocycles. The number of piperidine rings is 1. The molecule has 2 aromatic carbocycles. The van der Waals surface area contributed by atoms with Crippen LogP contribution >= 0.6 is 0 Å². The van der Waals surface area contributed by atoms with E-state index in [-0.39, 0.29) is 18.7 Å². The largest absolute Gasteiger partial charge is 0.491 e. The van der Waals surface area contributed by atoms with Gasteiger partial charge in [0.1, 0.15) is 5.75 Å². The van der Waals surface area contributed by atoms with Crippen LogP contribution in [0.15, 0.2) is 36.4 Å². The first-order valence-corrected chi connectivity index (χ1v) is 10.1. The van der Waals surface area contributed by atoms with Gasteiger partial charge >= 0.3 is 6.18 Å². The lowest BCUT2D eigenvalue weighted by Gasteiger charge is -2.34. The Labute approximate surface area is 173 Å². The summed E-state index contributed by atoms with van der Waals surface area (Å²) in [6.45, 7) is 3.12. The van der Waals surface area contributed by atoms with E-state index in [1.54, 1.807) is 6.07 Å². The van der Waals surface area contributed by atoms with Crippen molar-refractivity contribution in [2.45, 2.75) is 32.4 Å². The minimum absolute atomic E-state index is 0.0693. The van der Waals surface area contributed by atoms with E-state index in [2.05, 4.69) is 10.6 Å². The Bertz CT molecular complexity index is 938. The average Bonchev–Trinajstić information content (AvgIpc) is 2.89. The molecule has 30 heavy (non-hydrogen) atoms. The highest BCUT2D eigenvalue weighted by atomic mass is 19.4. The molecule has 1 amide bonds. The van der Waals surface area contributed by atoms with Gasteiger partial charge in [-0.15, -0.1) is 0 Å². The molecule has 0 atom stereocenters. The van der Waals surface area contributed by atoms with E-state index < -0.39 is 12.1 Å². The summed E-state index contributed by atoms with van der Waals surface area (Å²) < 4.78 is 44.3. The van der Waals surface area contributed by atoms with Crippen LogP contribution in [0.1, 0.15) is 24.8 Å². The van der Waals surface area contributed by atoms with Gasteiger partial charge in [-0.2, -0.15) is 13.2 Å². The number of fused-ring (bicyclic) bond motifs is 1. The van der Waals surface area contributed by atoms with Crippen LogP contribution in [-0.2, 0) is 4.79 Å². The highest BCUT2D eigenvalue weighted by Gasteiger charge is 2.41. The summed E-state index contributed by atoms with van der Waals surface area (Å²) in [5.41, 5.74) is 4.31. The monoisotopic (exact) mass is 419 g/mol. The van der Waals surface area contributed by atoms with Crippen LogP contribution in [0.3, 0.4) is 0 Å². The molecule has 1 saturated heterocycles. The van der Waals surface area contributed by atoms with E-state index in [9.17, 15) is 18.0 Å². The zero-order chi connectivity index (χ0) is 21.3. The fourth-order valence-electron chi connectivity index (χ4n) is 3.89. The number of carbonyl (C=O) groups is 1. The second-order valence-electron chi connectivity index (χ2n) is 7.78. The van der Waals surface area contributed by atoms with Gasteiger partial charge in [-0.25, -0.2) is 0 Å². The molecule has 0 aliphatic carbocycles. The molecule has 5 nitrogen and oxygen atoms in total. The number of nitrogens with one attached hydrogen (secondary N) is 2. The number of rotatable bonds is 3. The van der Waals surface area contributed by atoms with Crippen molar-refractivity contribution in [2.75, 3.05) is 35.2 Å². The summed E-state index contributed by atoms with van der Waals surface area (Å²) in [5, 5.41) is 6.16. The molecule has 2 heterocycles. The highest BCUT2D eigenvalue weighted by molar-refractivity contribution is 5.93. The van der Waals surface area contributed by atoms with Crippen molar-refractivity contribution < 1.29 is 22.7 Å². The van der Waals surface area contributed by atoms with Crippen LogP contribution in [-0.4, -0.2) is 31.8 Å². The molecule has 0 bridgehead atoms. The second kappa shape index (κ2) is 8.08. The third-order valence-electron chi connectivity index (χ3n) is 5.65. The molecular weight excluding hydrogens is 395 g/mol. The number of hydrogen-bond acceptors (Lipinski definition) is 4. The third-order valence-corrected chi connectivity index (χ3v) is 5.65. The molecule has 1 fully saturated rings. The predicted molar refractivity (Wildman–Crippen MR) is 111 cm³/mol. The van der Waals surface area contributed by atoms with E-state index in [1.165, 1.54) is 0 Å². The maximum atomic E-state index is 12.9. The second-order valence-corrected chi connectivity index (χ2v) is 7.78. The van der Waals surface area contributed by atoms with Gasteiger partial charge in [-0.1, -0.05) is 0 Å². The Morgan fingerprint density at radius 2 is 1.90 bits per heavy atom. The number of ether oxygens (including phenoxy) is 1. The van der Waals surface area contributed by atoms with Crippen molar-refractivity contribution in [1.29, 1.82) is 0 Å². The molecule has 4 rings (SSSR count). The van der Waals surface area contributed by atoms with E-state index >= 15 is 0 Å². The fourth-order valence-corrected chi connectivity index (χ4v) is 3.89. The zero-order valence-electron chi connectivity index (χ0n) is 16.7. The van der Waals surface area contributed by atoms with Crippen LogP contribution in [0.25, 0.3) is 0 Å². The van der Waals surface area contributed by atoms with E-state index in [1.807, 2.05) is 42.2 Å². The van der Waals surface area contributed by atoms with Crippen molar-refractivity contribution in [3.05, 3.63) is 42.0 Å². The van der Waals surface area contributed by atoms with Gasteiger partial charge in [0.05, 0.1) is 24.6 Å². The Hall–Kier alpha value is -2.90. The summed E-state index contributed by atoms with van der Waals surface area (Å²) in [6, 6.07) is 11.4. The van der Waals surface area contributed by atoms with Crippen LogP contribution in [0.5, 0.6) is 5.75 Å². The number of carbonyl (C=O) groups excluding carboxylic acids is 1. The van der Waals surface area contributed by atoms with Gasteiger partial charge in [0.25, 0.3) is 0 Å². The topological polar surface area (TPSA) is 53.6 Å². The molecule has 2 aromatic rings. The van der Waals surface area contributed by atoms with Gasteiger partial charge in [-0.05, 0) is 55.7 Å². The fraction of sp³-hybridized carbons (Fsp3) is 0.409. The molecule has 0 unspecified atom stereocenters. The zero-order valence-corrected chi connectivity index (χ0v) is 16.7. The number of amides is 1. The van der Waals surface area contributed by atoms with Crippen LogP contribution in [0.4, 0.5) is 35.9 Å². The molecule has 2 aliphatic rings. The molecule has 0 aromatic heterocycles. The number of hydrogen-bond donors (Lipinski definition) is 2. The number of nitrogens with zero attached hydrogens (tertiary/aromatic N) is 1. The first-order chi connectivity index (χ1) is 14.3. The normalized spacial score (nSPS) is 17.6. The van der Waals surface area contributed by atoms with Crippen LogP contribution in [0, 0.1) is 12.8 Å². The molecular formula is C22H24F3N3O2. The molecule has 2 aliphatic heterocycles. The van der Waals surface area contributed by atoms with Crippen molar-refractivity contribution >= 4 is 28.7 Å². The summed E-state index contributed by atoms with van der Waals surface area (Å²) in [4.78, 5) is 13.6. The molecule has 2 N–H and O–H groups in total. The van der Waals surface area contributed by atoms with Crippen molar-refractivity contribution in [3.8, 4) is 5.75 Å². The van der Waals surface area contributed by atoms with E-state index in [0.29, 0.717) is 37.6 Å². The lowest BCUT2D eigenvalue weighted by molar-refractivity contribution is -0.179. The Morgan fingerprint density at radius 1 is 1.13 bits per heavy atom. The molecule has 0 spiro atoms. The van der Waals surface area contributed by atoms with Crippen molar-refractivity contribution in [3.63, 3.8) is 0 Å². The number of anilines is 4. The summed E-state index contributed by atoms with van der Waals surface area (Å²) in [6.07, 6.45) is -3.52. The molecule has 160 valence electrons. The standard InChI is InChI=1S/C22H24F3N3O2/c1-14-12-17(28-9-6-15(7-10-28)22(23,24)25)3-5-18(14)26-16-2-4-19-20(13-16)30-11-8-21(29)27-19/h2-5,12-13,15,26H,6-11H2,1H3,(H,27,29). The van der Waals surface area contributed by atoms with E-state index in [4.69, 9.17) is 4.74 Å². The number of aryl methyl sites for hydroxylation is 1. The quantitative estimate of drug-likeness (QED) is 0.715. The number of halogens is 3. The minimum Gasteiger partial charge on any atom is -0.491 e. The third kappa shape index (κ3) is 4.47. The van der Waals surface area contributed by atoms with Gasteiger partial charge in [0, 0.05) is 36.2 Å². The lowest BCUT2D eigenvalue weighted by atomic mass is 9.96. The Morgan fingerprint density at radius 3 is 2.60 bits per heavy atom. The summed E-state index contributed by atoms with van der Waals surface area (Å²) in [7, 11) is 0. The van der Waals surface area contributed by atoms with Gasteiger partial charge in [0.15, 0.2) is 0 Å². The Balaban J connectivity index is 1.44. The van der Waals surface area contributed by atoms with Gasteiger partial charge in [0.2, 0.25) is 5.91 Å². The Kier molecular flexibility index (Phi) is 5.49. The molecule has 8 heteroatoms. The maximum Gasteiger partial charge on any atom is 0.391 e. The lowest BCUT2D eigenvalue weighted by Crippen LogP contribution is -2.39. The molecule has 0 radical (unpaired) electrons. The first-order valence-electron chi connectivity index (χ1n) is 10.1. The van der Waals surface area contributed by atoms with Crippen LogP contribution < -0.4 is 20.3 Å². The smallest absolute Gasteiger partial charge is 0.391 e. The highest BCUT2D eigenvalue weighted by Crippen LogP contribution is 2.36.